The molecule has 0 saturated carbocycles. The van der Waals surface area contributed by atoms with Crippen LogP contribution in [0.4, 0.5) is 0 Å². The molecule has 0 aromatic carbocycles. The minimum Gasteiger partial charge on any atom is -0.387 e. The molecule has 0 aliphatic carbocycles. The number of amides is 1. The summed E-state index contributed by atoms with van der Waals surface area (Å²) in [5, 5.41) is 13.9. The highest BCUT2D eigenvalue weighted by Crippen LogP contribution is 2.43. The monoisotopic (exact) mass is 906 g/mol. The zero-order valence-corrected chi connectivity index (χ0v) is 42.7. The normalized spacial score (nSPS) is 14.6. The smallest absolute Gasteiger partial charge is 0.387 e. The Morgan fingerprint density at radius 3 is 1.40 bits per heavy atom. The molecule has 8 nitrogen and oxygen atoms in total. The summed E-state index contributed by atoms with van der Waals surface area (Å²) >= 11 is 0. The summed E-state index contributed by atoms with van der Waals surface area (Å²) in [6, 6.07) is -0.874. The number of carbonyl (C=O) groups excluding carboxylic acids is 1. The van der Waals surface area contributed by atoms with Gasteiger partial charge in [-0.2, -0.15) is 0 Å². The van der Waals surface area contributed by atoms with Crippen molar-refractivity contribution in [2.45, 2.75) is 238 Å². The number of phosphoric ester groups is 1. The quantitative estimate of drug-likeness (QED) is 0.0243. The molecule has 0 aromatic heterocycles. The maximum atomic E-state index is 12.9. The summed E-state index contributed by atoms with van der Waals surface area (Å²) in [4.78, 5) is 23.2. The van der Waals surface area contributed by atoms with E-state index in [9.17, 15) is 19.4 Å². The molecule has 3 unspecified atom stereocenters. The lowest BCUT2D eigenvalue weighted by Gasteiger charge is -2.25. The molecule has 0 bridgehead atoms. The van der Waals surface area contributed by atoms with Gasteiger partial charge in [0.15, 0.2) is 0 Å². The molecule has 3 N–H and O–H groups in total. The van der Waals surface area contributed by atoms with Gasteiger partial charge in [-0.05, 0) is 77.0 Å². The Morgan fingerprint density at radius 2 is 0.921 bits per heavy atom. The van der Waals surface area contributed by atoms with Crippen molar-refractivity contribution in [3.63, 3.8) is 0 Å². The van der Waals surface area contributed by atoms with Crippen LogP contribution < -0.4 is 5.32 Å². The zero-order valence-electron chi connectivity index (χ0n) is 41.8. The van der Waals surface area contributed by atoms with E-state index in [0.29, 0.717) is 17.4 Å². The average Bonchev–Trinajstić information content (AvgIpc) is 3.24. The number of nitrogens with one attached hydrogen (secondary N) is 1. The molecule has 0 rings (SSSR count). The molecule has 3 atom stereocenters. The standard InChI is InChI=1S/C54H101N2O6P/c1-6-8-10-12-14-16-18-20-22-24-26-27-28-30-31-33-35-37-39-41-43-45-47-53(57)52(51-62-63(59,60)61-50-49-56(3,4)5)55-54(58)48-46-44-42-40-38-36-34-32-29-25-23-21-19-17-15-13-11-9-7-2/h15,17,21,23,30-31,37,39,45,47,52-53,57H,6-14,16,18-20,22,24-29,32-36,38,40-44,46,48-51H2,1-5H3,(H-,55,58,59,60)/p+1/b17-15-,23-21-,31-30+,39-37+,47-45+. The minimum absolute atomic E-state index is 0.0508. The molecule has 0 fully saturated rings. The zero-order chi connectivity index (χ0) is 46.4. The van der Waals surface area contributed by atoms with Gasteiger partial charge in [-0.1, -0.05) is 203 Å². The SMILES string of the molecule is CCCCC/C=C\C/C=C\CCCCCCCCCCCC(=O)NC(COP(=O)(O)OCC[N+](C)(C)C)C(O)/C=C/CC/C=C/CC/C=C/CCCCCCCCCCCCCC. The summed E-state index contributed by atoms with van der Waals surface area (Å²) in [5.74, 6) is -0.196. The molecular weight excluding hydrogens is 804 g/mol. The third-order valence-electron chi connectivity index (χ3n) is 11.4. The van der Waals surface area contributed by atoms with Crippen molar-refractivity contribution in [2.24, 2.45) is 0 Å². The Hall–Kier alpha value is -1.80. The van der Waals surface area contributed by atoms with Crippen molar-refractivity contribution >= 4 is 13.7 Å². The van der Waals surface area contributed by atoms with E-state index in [0.717, 1.165) is 51.4 Å². The lowest BCUT2D eigenvalue weighted by Crippen LogP contribution is -2.45. The minimum atomic E-state index is -4.36. The van der Waals surface area contributed by atoms with Gasteiger partial charge in [0.1, 0.15) is 13.2 Å². The second kappa shape index (κ2) is 45.4. The number of unbranched alkanes of at least 4 members (excludes halogenated alkanes) is 26. The van der Waals surface area contributed by atoms with Crippen LogP contribution in [0, 0.1) is 0 Å². The molecule has 0 spiro atoms. The predicted molar refractivity (Wildman–Crippen MR) is 272 cm³/mol. The Balaban J connectivity index is 4.39. The van der Waals surface area contributed by atoms with E-state index in [1.807, 2.05) is 27.2 Å². The van der Waals surface area contributed by atoms with Gasteiger partial charge >= 0.3 is 7.82 Å². The van der Waals surface area contributed by atoms with E-state index < -0.39 is 20.0 Å². The molecule has 0 radical (unpaired) electrons. The van der Waals surface area contributed by atoms with Crippen LogP contribution in [-0.4, -0.2) is 73.4 Å². The molecule has 0 aliphatic rings. The largest absolute Gasteiger partial charge is 0.472 e. The van der Waals surface area contributed by atoms with Gasteiger partial charge < -0.3 is 19.8 Å². The number of hydrogen-bond acceptors (Lipinski definition) is 5. The third-order valence-corrected chi connectivity index (χ3v) is 12.4. The summed E-state index contributed by atoms with van der Waals surface area (Å²) in [6.45, 7) is 4.76. The van der Waals surface area contributed by atoms with E-state index in [4.69, 9.17) is 9.05 Å². The average molecular weight is 906 g/mol. The summed E-state index contributed by atoms with van der Waals surface area (Å²) in [5.41, 5.74) is 0. The van der Waals surface area contributed by atoms with Crippen molar-refractivity contribution in [3.05, 3.63) is 60.8 Å². The molecule has 0 saturated heterocycles. The lowest BCUT2D eigenvalue weighted by molar-refractivity contribution is -0.870. The first-order valence-electron chi connectivity index (χ1n) is 26.2. The third kappa shape index (κ3) is 48.0. The van der Waals surface area contributed by atoms with Crippen LogP contribution in [0.1, 0.15) is 226 Å². The number of carbonyl (C=O) groups is 1. The summed E-state index contributed by atoms with van der Waals surface area (Å²) < 4.78 is 23.6. The van der Waals surface area contributed by atoms with Gasteiger partial charge in [-0.3, -0.25) is 13.8 Å². The Kier molecular flexibility index (Phi) is 44.1. The van der Waals surface area contributed by atoms with E-state index in [2.05, 4.69) is 67.8 Å². The van der Waals surface area contributed by atoms with Gasteiger partial charge in [0.25, 0.3) is 0 Å². The van der Waals surface area contributed by atoms with Crippen molar-refractivity contribution in [2.75, 3.05) is 40.9 Å². The number of aliphatic hydroxyl groups is 1. The molecule has 368 valence electrons. The number of phosphoric acid groups is 1. The fraction of sp³-hybridized carbons (Fsp3) is 0.796. The van der Waals surface area contributed by atoms with Gasteiger partial charge in [0, 0.05) is 6.42 Å². The van der Waals surface area contributed by atoms with Gasteiger partial charge in [0.05, 0.1) is 39.9 Å². The van der Waals surface area contributed by atoms with E-state index in [-0.39, 0.29) is 19.1 Å². The fourth-order valence-corrected chi connectivity index (χ4v) is 8.02. The number of aliphatic hydroxyl groups excluding tert-OH is 1. The Morgan fingerprint density at radius 1 is 0.540 bits per heavy atom. The topological polar surface area (TPSA) is 105 Å². The molecular formula is C54H102N2O6P+. The van der Waals surface area contributed by atoms with Crippen LogP contribution in [0.15, 0.2) is 60.8 Å². The van der Waals surface area contributed by atoms with Crippen LogP contribution in [-0.2, 0) is 18.4 Å². The van der Waals surface area contributed by atoms with Gasteiger partial charge in [-0.25, -0.2) is 4.57 Å². The molecule has 0 aromatic rings. The number of hydrogen-bond donors (Lipinski definition) is 3. The number of quaternary nitrogens is 1. The second-order valence-corrected chi connectivity index (χ2v) is 20.3. The molecule has 0 aliphatic heterocycles. The second-order valence-electron chi connectivity index (χ2n) is 18.9. The van der Waals surface area contributed by atoms with E-state index in [1.54, 1.807) is 6.08 Å². The van der Waals surface area contributed by atoms with Crippen LogP contribution in [0.25, 0.3) is 0 Å². The lowest BCUT2D eigenvalue weighted by atomic mass is 10.0. The molecule has 63 heavy (non-hydrogen) atoms. The van der Waals surface area contributed by atoms with Crippen LogP contribution >= 0.6 is 7.82 Å². The van der Waals surface area contributed by atoms with E-state index in [1.165, 1.54) is 154 Å². The fourth-order valence-electron chi connectivity index (χ4n) is 7.28. The Labute approximate surface area is 390 Å². The molecule has 1 amide bonds. The van der Waals surface area contributed by atoms with Crippen molar-refractivity contribution < 1.29 is 32.9 Å². The number of rotatable bonds is 47. The van der Waals surface area contributed by atoms with E-state index >= 15 is 0 Å². The molecule has 0 heterocycles. The highest BCUT2D eigenvalue weighted by molar-refractivity contribution is 7.47. The highest BCUT2D eigenvalue weighted by atomic mass is 31.2. The van der Waals surface area contributed by atoms with Crippen LogP contribution in [0.5, 0.6) is 0 Å². The van der Waals surface area contributed by atoms with Crippen LogP contribution in [0.3, 0.4) is 0 Å². The number of likely N-dealkylation sites (N-methyl/N-ethyl adjacent to an activating group) is 1. The van der Waals surface area contributed by atoms with Crippen molar-refractivity contribution in [1.82, 2.24) is 5.32 Å². The van der Waals surface area contributed by atoms with Crippen molar-refractivity contribution in [3.8, 4) is 0 Å². The van der Waals surface area contributed by atoms with Crippen LogP contribution in [0.2, 0.25) is 0 Å². The van der Waals surface area contributed by atoms with Gasteiger partial charge in [0.2, 0.25) is 5.91 Å². The molecule has 9 heteroatoms. The first-order chi connectivity index (χ1) is 30.5. The maximum absolute atomic E-state index is 12.9. The first-order valence-corrected chi connectivity index (χ1v) is 27.7. The highest BCUT2D eigenvalue weighted by Gasteiger charge is 2.27. The Bertz CT molecular complexity index is 1210. The maximum Gasteiger partial charge on any atom is 0.472 e. The van der Waals surface area contributed by atoms with Gasteiger partial charge in [-0.15, -0.1) is 0 Å². The summed E-state index contributed by atoms with van der Waals surface area (Å²) in [6.07, 6.45) is 60.2. The first kappa shape index (κ1) is 61.2. The number of allylic oxidation sites excluding steroid dienone is 9. The number of nitrogens with zero attached hydrogens (tertiary/aromatic N) is 1. The summed E-state index contributed by atoms with van der Waals surface area (Å²) in [7, 11) is 1.54. The predicted octanol–water partition coefficient (Wildman–Crippen LogP) is 15.4. The van der Waals surface area contributed by atoms with Crippen molar-refractivity contribution in [1.29, 1.82) is 0 Å².